The number of hydrogen-bond donors (Lipinski definition) is 1. The van der Waals surface area contributed by atoms with Crippen molar-refractivity contribution in [1.29, 1.82) is 0 Å². The van der Waals surface area contributed by atoms with Gasteiger partial charge in [0.2, 0.25) is 0 Å². The highest BCUT2D eigenvalue weighted by Crippen LogP contribution is 2.24. The molecule has 1 aliphatic heterocycles. The predicted octanol–water partition coefficient (Wildman–Crippen LogP) is 1.90. The van der Waals surface area contributed by atoms with Gasteiger partial charge in [-0.25, -0.2) is 8.78 Å². The number of nitrogens with one attached hydrogen (secondary N) is 1. The number of amides is 1. The van der Waals surface area contributed by atoms with E-state index in [0.717, 1.165) is 12.1 Å². The molecule has 7 heteroatoms. The maximum Gasteiger partial charge on any atom is 0.257 e. The zero-order valence-electron chi connectivity index (χ0n) is 11.1. The van der Waals surface area contributed by atoms with Gasteiger partial charge >= 0.3 is 0 Å². The molecule has 0 bridgehead atoms. The van der Waals surface area contributed by atoms with Gasteiger partial charge in [0.1, 0.15) is 6.10 Å². The van der Waals surface area contributed by atoms with E-state index in [4.69, 9.17) is 4.74 Å². The fourth-order valence-electron chi connectivity index (χ4n) is 2.30. The minimum atomic E-state index is -0.922. The van der Waals surface area contributed by atoms with E-state index < -0.39 is 17.7 Å². The zero-order chi connectivity index (χ0) is 14.8. The third-order valence-corrected chi connectivity index (χ3v) is 3.41. The smallest absolute Gasteiger partial charge is 0.257 e. The Balaban J connectivity index is 1.76. The molecule has 1 amide bonds. The molecule has 2 aromatic rings. The number of hydrogen-bond acceptors (Lipinski definition) is 3. The topological polar surface area (TPSA) is 58.2 Å². The lowest BCUT2D eigenvalue weighted by Crippen LogP contribution is -2.42. The first-order valence-electron chi connectivity index (χ1n) is 6.50. The summed E-state index contributed by atoms with van der Waals surface area (Å²) in [6.07, 6.45) is 2.50. The molecule has 0 radical (unpaired) electrons. The molecule has 1 atom stereocenters. The molecule has 1 aliphatic rings. The molecule has 1 saturated heterocycles. The van der Waals surface area contributed by atoms with Crippen LogP contribution in [-0.2, 0) is 4.74 Å². The highest BCUT2D eigenvalue weighted by Gasteiger charge is 2.27. The number of carbonyl (C=O) groups excluding carboxylic acids is 1. The van der Waals surface area contributed by atoms with Crippen LogP contribution in [-0.4, -0.2) is 40.7 Å². The molecular weight excluding hydrogens is 280 g/mol. The van der Waals surface area contributed by atoms with Crippen molar-refractivity contribution in [2.75, 3.05) is 19.7 Å². The van der Waals surface area contributed by atoms with Crippen LogP contribution in [0.5, 0.6) is 0 Å². The van der Waals surface area contributed by atoms with Gasteiger partial charge in [0.05, 0.1) is 24.9 Å². The first-order valence-corrected chi connectivity index (χ1v) is 6.50. The second-order valence-electron chi connectivity index (χ2n) is 4.77. The average Bonchev–Trinajstić information content (AvgIpc) is 3.04. The number of rotatable bonds is 2. The Kier molecular flexibility index (Phi) is 3.66. The summed E-state index contributed by atoms with van der Waals surface area (Å²) in [6.45, 7) is 1.08. The van der Waals surface area contributed by atoms with Crippen LogP contribution in [0.4, 0.5) is 8.78 Å². The molecule has 21 heavy (non-hydrogen) atoms. The Morgan fingerprint density at radius 3 is 2.95 bits per heavy atom. The van der Waals surface area contributed by atoms with Crippen LogP contribution in [0.2, 0.25) is 0 Å². The van der Waals surface area contributed by atoms with Crippen LogP contribution in [0.15, 0.2) is 30.6 Å². The molecule has 1 fully saturated rings. The van der Waals surface area contributed by atoms with Crippen LogP contribution in [0.1, 0.15) is 22.0 Å². The van der Waals surface area contributed by atoms with Crippen molar-refractivity contribution in [2.45, 2.75) is 6.10 Å². The second-order valence-corrected chi connectivity index (χ2v) is 4.77. The standard InChI is InChI=1S/C14H13F2N3O2/c15-11-2-1-9(5-12(11)16)13-8-19(3-4-21-13)14(20)10-6-17-18-7-10/h1-2,5-7,13H,3-4,8H2,(H,17,18)/t13-/m1/s1. The summed E-state index contributed by atoms with van der Waals surface area (Å²) in [5, 5.41) is 6.33. The number of nitrogens with zero attached hydrogens (tertiary/aromatic N) is 2. The minimum absolute atomic E-state index is 0.167. The van der Waals surface area contributed by atoms with Gasteiger partial charge in [-0.1, -0.05) is 6.07 Å². The summed E-state index contributed by atoms with van der Waals surface area (Å²) in [4.78, 5) is 13.8. The molecule has 2 heterocycles. The van der Waals surface area contributed by atoms with Crippen molar-refractivity contribution in [1.82, 2.24) is 15.1 Å². The summed E-state index contributed by atoms with van der Waals surface area (Å²) in [5.74, 6) is -1.99. The van der Waals surface area contributed by atoms with E-state index in [9.17, 15) is 13.6 Å². The number of halogens is 2. The molecule has 3 rings (SSSR count). The van der Waals surface area contributed by atoms with E-state index in [1.807, 2.05) is 0 Å². The number of ether oxygens (including phenoxy) is 1. The Bertz CT molecular complexity index is 646. The van der Waals surface area contributed by atoms with Gasteiger partial charge in [0.15, 0.2) is 11.6 Å². The van der Waals surface area contributed by atoms with Crippen molar-refractivity contribution in [3.05, 3.63) is 53.4 Å². The Labute approximate surface area is 119 Å². The first-order chi connectivity index (χ1) is 10.1. The molecule has 0 spiro atoms. The average molecular weight is 293 g/mol. The fourth-order valence-corrected chi connectivity index (χ4v) is 2.30. The fraction of sp³-hybridized carbons (Fsp3) is 0.286. The molecule has 1 N–H and O–H groups in total. The van der Waals surface area contributed by atoms with E-state index in [1.54, 1.807) is 4.90 Å². The van der Waals surface area contributed by atoms with Gasteiger partial charge in [-0.3, -0.25) is 9.89 Å². The van der Waals surface area contributed by atoms with Crippen LogP contribution < -0.4 is 0 Å². The number of carbonyl (C=O) groups is 1. The molecule has 110 valence electrons. The highest BCUT2D eigenvalue weighted by molar-refractivity contribution is 5.93. The normalized spacial score (nSPS) is 18.8. The minimum Gasteiger partial charge on any atom is -0.370 e. The molecule has 5 nitrogen and oxygen atoms in total. The molecule has 1 aromatic heterocycles. The van der Waals surface area contributed by atoms with E-state index in [0.29, 0.717) is 24.3 Å². The molecule has 1 aromatic carbocycles. The maximum atomic E-state index is 13.3. The summed E-state index contributed by atoms with van der Waals surface area (Å²) < 4.78 is 31.8. The Morgan fingerprint density at radius 2 is 2.24 bits per heavy atom. The van der Waals surface area contributed by atoms with Gasteiger partial charge in [0, 0.05) is 12.7 Å². The number of H-pyrrole nitrogens is 1. The van der Waals surface area contributed by atoms with Gasteiger partial charge in [-0.2, -0.15) is 5.10 Å². The Morgan fingerprint density at radius 1 is 1.38 bits per heavy atom. The number of aromatic amines is 1. The number of morpholine rings is 1. The van der Waals surface area contributed by atoms with Crippen molar-refractivity contribution in [3.63, 3.8) is 0 Å². The second kappa shape index (κ2) is 5.61. The van der Waals surface area contributed by atoms with Gasteiger partial charge in [-0.05, 0) is 17.7 Å². The van der Waals surface area contributed by atoms with Crippen molar-refractivity contribution < 1.29 is 18.3 Å². The van der Waals surface area contributed by atoms with Crippen LogP contribution >= 0.6 is 0 Å². The largest absolute Gasteiger partial charge is 0.370 e. The summed E-state index contributed by atoms with van der Waals surface area (Å²) in [7, 11) is 0. The molecule has 0 unspecified atom stereocenters. The lowest BCUT2D eigenvalue weighted by molar-refractivity contribution is -0.0229. The van der Waals surface area contributed by atoms with Crippen LogP contribution in [0.3, 0.4) is 0 Å². The molecular formula is C14H13F2N3O2. The summed E-state index contributed by atoms with van der Waals surface area (Å²) in [5.41, 5.74) is 0.972. The van der Waals surface area contributed by atoms with Crippen LogP contribution in [0.25, 0.3) is 0 Å². The van der Waals surface area contributed by atoms with Gasteiger partial charge in [0.25, 0.3) is 5.91 Å². The van der Waals surface area contributed by atoms with Crippen molar-refractivity contribution >= 4 is 5.91 Å². The van der Waals surface area contributed by atoms with Crippen molar-refractivity contribution in [3.8, 4) is 0 Å². The van der Waals surface area contributed by atoms with Gasteiger partial charge < -0.3 is 9.64 Å². The first kappa shape index (κ1) is 13.7. The van der Waals surface area contributed by atoms with E-state index in [1.165, 1.54) is 18.5 Å². The van der Waals surface area contributed by atoms with Crippen molar-refractivity contribution in [2.24, 2.45) is 0 Å². The van der Waals surface area contributed by atoms with Gasteiger partial charge in [-0.15, -0.1) is 0 Å². The number of aromatic nitrogens is 2. The predicted molar refractivity (Wildman–Crippen MR) is 69.5 cm³/mol. The molecule has 0 saturated carbocycles. The quantitative estimate of drug-likeness (QED) is 0.920. The SMILES string of the molecule is O=C(c1cn[nH]c1)N1CCO[C@@H](c2ccc(F)c(F)c2)C1. The monoisotopic (exact) mass is 293 g/mol. The summed E-state index contributed by atoms with van der Waals surface area (Å²) >= 11 is 0. The maximum absolute atomic E-state index is 13.3. The number of benzene rings is 1. The summed E-state index contributed by atoms with van der Waals surface area (Å²) in [6, 6.07) is 3.63. The third kappa shape index (κ3) is 2.78. The molecule has 0 aliphatic carbocycles. The lowest BCUT2D eigenvalue weighted by Gasteiger charge is -2.33. The third-order valence-electron chi connectivity index (χ3n) is 3.41. The zero-order valence-corrected chi connectivity index (χ0v) is 11.1. The van der Waals surface area contributed by atoms with Crippen LogP contribution in [0, 0.1) is 11.6 Å². The van der Waals surface area contributed by atoms with E-state index >= 15 is 0 Å². The Hall–Kier alpha value is -2.28. The van der Waals surface area contributed by atoms with E-state index in [2.05, 4.69) is 10.2 Å². The highest BCUT2D eigenvalue weighted by atomic mass is 19.2. The lowest BCUT2D eigenvalue weighted by atomic mass is 10.1. The van der Waals surface area contributed by atoms with E-state index in [-0.39, 0.29) is 12.5 Å².